The van der Waals surface area contributed by atoms with Crippen LogP contribution in [0.25, 0.3) is 6.08 Å². The Morgan fingerprint density at radius 3 is 1.51 bits per heavy atom. The molecule has 2 rings (SSSR count). The van der Waals surface area contributed by atoms with E-state index in [1.807, 2.05) is 0 Å². The molecular weight excluding hydrogens is 549 g/mol. The number of halogens is 3. The molecular formula is C32H47BrF2OP+. The summed E-state index contributed by atoms with van der Waals surface area (Å²) in [5, 5.41) is 0. The summed E-state index contributed by atoms with van der Waals surface area (Å²) in [6.07, 6.45) is 22.0. The van der Waals surface area contributed by atoms with Crippen LogP contribution < -0.4 is 0 Å². The molecule has 0 aliphatic heterocycles. The molecule has 0 bridgehead atoms. The number of allylic oxidation sites excluding steroid dienone is 3. The maximum atomic E-state index is 12.8. The first-order valence-electron chi connectivity index (χ1n) is 13.1. The van der Waals surface area contributed by atoms with Crippen molar-refractivity contribution in [2.45, 2.75) is 59.3 Å². The highest BCUT2D eigenvalue weighted by Crippen LogP contribution is 2.60. The first-order valence-corrected chi connectivity index (χ1v) is 15.7. The van der Waals surface area contributed by atoms with Crippen molar-refractivity contribution in [3.63, 3.8) is 0 Å². The normalized spacial score (nSPS) is 10.3. The summed E-state index contributed by atoms with van der Waals surface area (Å²) < 4.78 is 25.2. The fraction of sp³-hybridized carbons (Fsp3) is 0.406. The fourth-order valence-corrected chi connectivity index (χ4v) is 8.44. The third-order valence-corrected chi connectivity index (χ3v) is 10.7. The zero-order valence-electron chi connectivity index (χ0n) is 23.0. The Bertz CT molecular complexity index is 876. The van der Waals surface area contributed by atoms with E-state index in [0.29, 0.717) is 11.8 Å². The SMILES string of the molecule is Br.C=C/C=C/c1ccccc1F.C=CC[P+](CCCC)(CCCC)CCCC.O=Cc1ccccc1F. The number of rotatable bonds is 14. The lowest BCUT2D eigenvalue weighted by Crippen LogP contribution is -2.11. The molecule has 2 aromatic rings. The molecule has 0 saturated carbocycles. The van der Waals surface area contributed by atoms with Gasteiger partial charge in [0.2, 0.25) is 0 Å². The Labute approximate surface area is 236 Å². The number of aldehydes is 1. The van der Waals surface area contributed by atoms with Gasteiger partial charge in [-0.15, -0.1) is 17.0 Å². The molecule has 0 fully saturated rings. The maximum absolute atomic E-state index is 12.8. The van der Waals surface area contributed by atoms with Gasteiger partial charge < -0.3 is 0 Å². The summed E-state index contributed by atoms with van der Waals surface area (Å²) in [6.45, 7) is 14.5. The van der Waals surface area contributed by atoms with Gasteiger partial charge in [0.15, 0.2) is 6.29 Å². The van der Waals surface area contributed by atoms with Crippen molar-refractivity contribution in [1.82, 2.24) is 0 Å². The van der Waals surface area contributed by atoms with Crippen LogP contribution in [-0.4, -0.2) is 30.9 Å². The molecule has 1 nitrogen and oxygen atoms in total. The Morgan fingerprint density at radius 1 is 0.757 bits per heavy atom. The van der Waals surface area contributed by atoms with E-state index in [1.54, 1.807) is 48.6 Å². The van der Waals surface area contributed by atoms with Crippen molar-refractivity contribution in [2.24, 2.45) is 0 Å². The summed E-state index contributed by atoms with van der Waals surface area (Å²) in [4.78, 5) is 9.99. The average Bonchev–Trinajstić information content (AvgIpc) is 2.90. The number of hydrogen-bond acceptors (Lipinski definition) is 1. The molecule has 0 atom stereocenters. The Morgan fingerprint density at radius 2 is 1.19 bits per heavy atom. The number of carbonyl (C=O) groups excluding carboxylic acids is 1. The van der Waals surface area contributed by atoms with E-state index in [-0.39, 0.29) is 28.4 Å². The molecule has 0 heterocycles. The van der Waals surface area contributed by atoms with E-state index >= 15 is 0 Å². The minimum absolute atomic E-state index is 0. The fourth-order valence-electron chi connectivity index (χ4n) is 3.72. The minimum Gasteiger partial charge on any atom is -0.298 e. The van der Waals surface area contributed by atoms with Crippen LogP contribution >= 0.6 is 24.2 Å². The van der Waals surface area contributed by atoms with E-state index in [1.165, 1.54) is 81.4 Å². The monoisotopic (exact) mass is 595 g/mol. The molecule has 0 radical (unpaired) electrons. The van der Waals surface area contributed by atoms with Crippen LogP contribution in [0.15, 0.2) is 79.9 Å². The second-order valence-corrected chi connectivity index (χ2v) is 13.2. The molecule has 0 saturated heterocycles. The third kappa shape index (κ3) is 17.3. The number of carbonyl (C=O) groups is 1. The predicted molar refractivity (Wildman–Crippen MR) is 169 cm³/mol. The molecule has 0 aliphatic carbocycles. The number of unbranched alkanes of at least 4 members (excludes halogenated alkanes) is 3. The highest BCUT2D eigenvalue weighted by molar-refractivity contribution is 8.93. The van der Waals surface area contributed by atoms with Gasteiger partial charge in [0.1, 0.15) is 11.6 Å². The van der Waals surface area contributed by atoms with Crippen molar-refractivity contribution >= 4 is 36.6 Å². The van der Waals surface area contributed by atoms with Crippen molar-refractivity contribution in [3.8, 4) is 0 Å². The average molecular weight is 597 g/mol. The second-order valence-electron chi connectivity index (χ2n) is 8.80. The maximum Gasteiger partial charge on any atom is 0.152 e. The summed E-state index contributed by atoms with van der Waals surface area (Å²) in [7, 11) is -0.664. The highest BCUT2D eigenvalue weighted by atomic mass is 79.9. The topological polar surface area (TPSA) is 17.1 Å². The quantitative estimate of drug-likeness (QED) is 0.0918. The van der Waals surface area contributed by atoms with Crippen molar-refractivity contribution < 1.29 is 13.6 Å². The predicted octanol–water partition coefficient (Wildman–Crippen LogP) is 10.8. The number of hydrogen-bond donors (Lipinski definition) is 0. The minimum atomic E-state index is -0.664. The van der Waals surface area contributed by atoms with Crippen molar-refractivity contribution in [3.05, 3.63) is 103 Å². The van der Waals surface area contributed by atoms with E-state index in [4.69, 9.17) is 0 Å². The first kappa shape index (κ1) is 37.3. The van der Waals surface area contributed by atoms with Gasteiger partial charge in [-0.3, -0.25) is 4.79 Å². The van der Waals surface area contributed by atoms with Gasteiger partial charge in [-0.2, -0.15) is 0 Å². The van der Waals surface area contributed by atoms with Crippen LogP contribution in [0, 0.1) is 11.6 Å². The molecule has 5 heteroatoms. The molecule has 2 aromatic carbocycles. The molecule has 0 unspecified atom stereocenters. The summed E-state index contributed by atoms with van der Waals surface area (Å²) >= 11 is 0. The molecule has 0 aromatic heterocycles. The van der Waals surface area contributed by atoms with Gasteiger partial charge in [-0.05, 0) is 37.5 Å². The summed E-state index contributed by atoms with van der Waals surface area (Å²) in [5.41, 5.74) is 0.699. The van der Waals surface area contributed by atoms with Crippen LogP contribution in [0.2, 0.25) is 0 Å². The van der Waals surface area contributed by atoms with Crippen LogP contribution in [-0.2, 0) is 0 Å². The molecule has 0 N–H and O–H groups in total. The van der Waals surface area contributed by atoms with Gasteiger partial charge in [-0.1, -0.05) is 108 Å². The van der Waals surface area contributed by atoms with Crippen LogP contribution in [0.4, 0.5) is 8.78 Å². The lowest BCUT2D eigenvalue weighted by atomic mass is 10.2. The summed E-state index contributed by atoms with van der Waals surface area (Å²) in [5.74, 6) is -0.668. The van der Waals surface area contributed by atoms with E-state index < -0.39 is 13.1 Å². The Balaban J connectivity index is 0. The van der Waals surface area contributed by atoms with Crippen LogP contribution in [0.3, 0.4) is 0 Å². The molecule has 0 aliphatic rings. The second kappa shape index (κ2) is 24.4. The first-order chi connectivity index (χ1) is 17.4. The molecule has 0 spiro atoms. The zero-order chi connectivity index (χ0) is 27.1. The summed E-state index contributed by atoms with van der Waals surface area (Å²) in [6, 6.07) is 12.5. The van der Waals surface area contributed by atoms with E-state index in [2.05, 4.69) is 40.0 Å². The Hall–Kier alpha value is -1.90. The lowest BCUT2D eigenvalue weighted by molar-refractivity contribution is 0.112. The van der Waals surface area contributed by atoms with Crippen molar-refractivity contribution in [2.75, 3.05) is 24.6 Å². The highest BCUT2D eigenvalue weighted by Gasteiger charge is 2.33. The third-order valence-electron chi connectivity index (χ3n) is 5.82. The van der Waals surface area contributed by atoms with Gasteiger partial charge in [-0.25, -0.2) is 8.78 Å². The molecule has 0 amide bonds. The van der Waals surface area contributed by atoms with Gasteiger partial charge in [0.25, 0.3) is 0 Å². The zero-order valence-corrected chi connectivity index (χ0v) is 25.6. The lowest BCUT2D eigenvalue weighted by Gasteiger charge is -2.26. The van der Waals surface area contributed by atoms with Gasteiger partial charge in [0.05, 0.1) is 30.2 Å². The van der Waals surface area contributed by atoms with Crippen LogP contribution in [0.5, 0.6) is 0 Å². The standard InChI is InChI=1S/C15H32P.C10H9F.C7H5FO.BrH/c1-5-9-13-16(12-8-4,14-10-6-2)15-11-7-3;1-2-3-6-9-7-4-5-8-10(9)11;8-7-4-2-1-3-6(7)5-9;/h8H,4-7,9-15H2,1-3H3;2-8H,1H2;1-5H;1H/q+1;;;/b;6-3+;;. The Kier molecular flexibility index (Phi) is 24.6. The van der Waals surface area contributed by atoms with Gasteiger partial charge in [0, 0.05) is 12.8 Å². The van der Waals surface area contributed by atoms with Crippen LogP contribution in [0.1, 0.15) is 75.2 Å². The van der Waals surface area contributed by atoms with E-state index in [0.717, 1.165) is 0 Å². The number of benzene rings is 2. The van der Waals surface area contributed by atoms with Gasteiger partial charge >= 0.3 is 0 Å². The molecule has 206 valence electrons. The smallest absolute Gasteiger partial charge is 0.152 e. The molecule has 37 heavy (non-hydrogen) atoms. The largest absolute Gasteiger partial charge is 0.298 e. The van der Waals surface area contributed by atoms with Crippen molar-refractivity contribution in [1.29, 1.82) is 0 Å². The van der Waals surface area contributed by atoms with E-state index in [9.17, 15) is 13.6 Å².